The number of hydrogen-bond donors (Lipinski definition) is 2. The van der Waals surface area contributed by atoms with Crippen LogP contribution in [-0.2, 0) is 0 Å². The Labute approximate surface area is 66.4 Å². The number of para-hydroxylation sites is 1. The van der Waals surface area contributed by atoms with Crippen LogP contribution in [0.2, 0.25) is 0 Å². The van der Waals surface area contributed by atoms with Crippen LogP contribution in [-0.4, -0.2) is 5.66 Å². The summed E-state index contributed by atoms with van der Waals surface area (Å²) in [5, 5.41) is 3.27. The third-order valence-electron chi connectivity index (χ3n) is 1.96. The third-order valence-corrected chi connectivity index (χ3v) is 1.96. The van der Waals surface area contributed by atoms with Crippen LogP contribution in [0.4, 0.5) is 5.69 Å². The lowest BCUT2D eigenvalue weighted by atomic mass is 10.3. The second-order valence-corrected chi connectivity index (χ2v) is 3.15. The van der Waals surface area contributed by atoms with Crippen molar-refractivity contribution in [3.05, 3.63) is 30.3 Å². The first-order valence-electron chi connectivity index (χ1n) is 3.91. The first-order valence-corrected chi connectivity index (χ1v) is 3.91. The Balaban J connectivity index is 2.07. The standard InChI is InChI=1S/C9H12N2/c10-9(6-7-9)11-8-4-2-1-3-5-8/h1-5,11H,6-7,10H2. The summed E-state index contributed by atoms with van der Waals surface area (Å²) in [5.41, 5.74) is 6.89. The summed E-state index contributed by atoms with van der Waals surface area (Å²) < 4.78 is 0. The molecule has 0 aliphatic heterocycles. The molecule has 2 heteroatoms. The zero-order chi connectivity index (χ0) is 7.73. The van der Waals surface area contributed by atoms with E-state index in [1.54, 1.807) is 0 Å². The molecule has 1 fully saturated rings. The monoisotopic (exact) mass is 148 g/mol. The van der Waals surface area contributed by atoms with Gasteiger partial charge in [0.1, 0.15) is 0 Å². The molecule has 0 radical (unpaired) electrons. The van der Waals surface area contributed by atoms with Gasteiger partial charge in [-0.3, -0.25) is 0 Å². The maximum Gasteiger partial charge on any atom is 0.0859 e. The van der Waals surface area contributed by atoms with Crippen molar-refractivity contribution in [2.75, 3.05) is 5.32 Å². The van der Waals surface area contributed by atoms with E-state index in [9.17, 15) is 0 Å². The number of hydrogen-bond acceptors (Lipinski definition) is 2. The van der Waals surface area contributed by atoms with Crippen molar-refractivity contribution < 1.29 is 0 Å². The average molecular weight is 148 g/mol. The van der Waals surface area contributed by atoms with E-state index in [0.29, 0.717) is 0 Å². The van der Waals surface area contributed by atoms with Gasteiger partial charge in [0.2, 0.25) is 0 Å². The molecule has 0 aromatic heterocycles. The second-order valence-electron chi connectivity index (χ2n) is 3.15. The van der Waals surface area contributed by atoms with Crippen molar-refractivity contribution in [2.24, 2.45) is 5.73 Å². The largest absolute Gasteiger partial charge is 0.367 e. The summed E-state index contributed by atoms with van der Waals surface area (Å²) in [4.78, 5) is 0. The van der Waals surface area contributed by atoms with Gasteiger partial charge in [-0.05, 0) is 25.0 Å². The fraction of sp³-hybridized carbons (Fsp3) is 0.333. The van der Waals surface area contributed by atoms with Gasteiger partial charge in [0.25, 0.3) is 0 Å². The van der Waals surface area contributed by atoms with Gasteiger partial charge in [0.05, 0.1) is 5.66 Å². The smallest absolute Gasteiger partial charge is 0.0859 e. The second kappa shape index (κ2) is 2.24. The van der Waals surface area contributed by atoms with Gasteiger partial charge in [0, 0.05) is 5.69 Å². The van der Waals surface area contributed by atoms with Crippen molar-refractivity contribution in [3.63, 3.8) is 0 Å². The normalized spacial score (nSPS) is 19.4. The lowest BCUT2D eigenvalue weighted by Crippen LogP contribution is -2.31. The van der Waals surface area contributed by atoms with Gasteiger partial charge in [-0.1, -0.05) is 18.2 Å². The van der Waals surface area contributed by atoms with Crippen LogP contribution < -0.4 is 11.1 Å². The minimum Gasteiger partial charge on any atom is -0.367 e. The van der Waals surface area contributed by atoms with Crippen LogP contribution in [0.15, 0.2) is 30.3 Å². The molecule has 2 rings (SSSR count). The summed E-state index contributed by atoms with van der Waals surface area (Å²) in [6.07, 6.45) is 2.17. The van der Waals surface area contributed by atoms with Crippen LogP contribution in [0.1, 0.15) is 12.8 Å². The Morgan fingerprint density at radius 2 is 1.82 bits per heavy atom. The van der Waals surface area contributed by atoms with Crippen LogP contribution in [0, 0.1) is 0 Å². The van der Waals surface area contributed by atoms with Crippen molar-refractivity contribution in [1.82, 2.24) is 0 Å². The molecule has 0 saturated heterocycles. The number of nitrogens with two attached hydrogens (primary N) is 1. The summed E-state index contributed by atoms with van der Waals surface area (Å²) in [7, 11) is 0. The highest BCUT2D eigenvalue weighted by atomic mass is 15.1. The molecule has 1 aliphatic rings. The zero-order valence-corrected chi connectivity index (χ0v) is 6.38. The van der Waals surface area contributed by atoms with Gasteiger partial charge in [-0.15, -0.1) is 0 Å². The highest BCUT2D eigenvalue weighted by molar-refractivity contribution is 5.46. The summed E-state index contributed by atoms with van der Waals surface area (Å²) in [5.74, 6) is 0. The van der Waals surface area contributed by atoms with E-state index in [1.165, 1.54) is 0 Å². The highest BCUT2D eigenvalue weighted by Crippen LogP contribution is 2.32. The van der Waals surface area contributed by atoms with E-state index in [4.69, 9.17) is 5.73 Å². The molecule has 2 nitrogen and oxygen atoms in total. The molecule has 1 aromatic rings. The molecule has 0 amide bonds. The lowest BCUT2D eigenvalue weighted by Gasteiger charge is -2.12. The summed E-state index contributed by atoms with van der Waals surface area (Å²) in [6.45, 7) is 0. The fourth-order valence-corrected chi connectivity index (χ4v) is 1.07. The molecule has 0 atom stereocenters. The van der Waals surface area contributed by atoms with Crippen LogP contribution in [0.3, 0.4) is 0 Å². The van der Waals surface area contributed by atoms with Crippen molar-refractivity contribution >= 4 is 5.69 Å². The van der Waals surface area contributed by atoms with Crippen molar-refractivity contribution in [1.29, 1.82) is 0 Å². The molecule has 11 heavy (non-hydrogen) atoms. The molecule has 1 aromatic carbocycles. The molecular weight excluding hydrogens is 136 g/mol. The van der Waals surface area contributed by atoms with Crippen LogP contribution >= 0.6 is 0 Å². The zero-order valence-electron chi connectivity index (χ0n) is 6.38. The van der Waals surface area contributed by atoms with E-state index < -0.39 is 0 Å². The van der Waals surface area contributed by atoms with Crippen molar-refractivity contribution in [3.8, 4) is 0 Å². The number of anilines is 1. The summed E-state index contributed by atoms with van der Waals surface area (Å²) >= 11 is 0. The average Bonchev–Trinajstić information content (AvgIpc) is 2.70. The Bertz CT molecular complexity index is 239. The predicted octanol–water partition coefficient (Wildman–Crippen LogP) is 1.55. The topological polar surface area (TPSA) is 38.0 Å². The van der Waals surface area contributed by atoms with Gasteiger partial charge >= 0.3 is 0 Å². The first kappa shape index (κ1) is 6.68. The van der Waals surface area contributed by atoms with E-state index in [0.717, 1.165) is 18.5 Å². The Morgan fingerprint density at radius 1 is 1.18 bits per heavy atom. The van der Waals surface area contributed by atoms with Crippen LogP contribution in [0.25, 0.3) is 0 Å². The van der Waals surface area contributed by atoms with Crippen molar-refractivity contribution in [2.45, 2.75) is 18.5 Å². The van der Waals surface area contributed by atoms with Gasteiger partial charge in [0.15, 0.2) is 0 Å². The Morgan fingerprint density at radius 3 is 2.36 bits per heavy atom. The molecule has 0 unspecified atom stereocenters. The lowest BCUT2D eigenvalue weighted by molar-refractivity contribution is 0.782. The first-order chi connectivity index (χ1) is 5.29. The molecule has 0 bridgehead atoms. The molecular formula is C9H12N2. The van der Waals surface area contributed by atoms with E-state index >= 15 is 0 Å². The van der Waals surface area contributed by atoms with E-state index in [-0.39, 0.29) is 5.66 Å². The van der Waals surface area contributed by atoms with Gasteiger partial charge < -0.3 is 11.1 Å². The predicted molar refractivity (Wildman–Crippen MR) is 46.2 cm³/mol. The van der Waals surface area contributed by atoms with E-state index in [2.05, 4.69) is 5.32 Å². The maximum atomic E-state index is 5.87. The quantitative estimate of drug-likeness (QED) is 0.624. The fourth-order valence-electron chi connectivity index (χ4n) is 1.07. The van der Waals surface area contributed by atoms with Gasteiger partial charge in [-0.25, -0.2) is 0 Å². The number of benzene rings is 1. The molecule has 3 N–H and O–H groups in total. The van der Waals surface area contributed by atoms with Gasteiger partial charge in [-0.2, -0.15) is 0 Å². The van der Waals surface area contributed by atoms with E-state index in [1.807, 2.05) is 30.3 Å². The maximum absolute atomic E-state index is 5.87. The minimum atomic E-state index is -0.0959. The highest BCUT2D eigenvalue weighted by Gasteiger charge is 2.37. The van der Waals surface area contributed by atoms with Crippen LogP contribution in [0.5, 0.6) is 0 Å². The SMILES string of the molecule is NC1(Nc2ccccc2)CC1. The third kappa shape index (κ3) is 1.52. The Hall–Kier alpha value is -1.02. The molecule has 1 saturated carbocycles. The molecule has 58 valence electrons. The molecule has 0 heterocycles. The minimum absolute atomic E-state index is 0.0959. The Kier molecular flexibility index (Phi) is 1.36. The molecule has 1 aliphatic carbocycles. The number of nitrogens with one attached hydrogen (secondary N) is 1. The molecule has 0 spiro atoms. The summed E-state index contributed by atoms with van der Waals surface area (Å²) in [6, 6.07) is 10.1. The number of rotatable bonds is 2.